The SMILES string of the molecule is C=CCCCN(C)C(=NC)NCC(c1ccccc1)N1CCCC1. The van der Waals surface area contributed by atoms with Crippen LogP contribution in [0, 0.1) is 0 Å². The summed E-state index contributed by atoms with van der Waals surface area (Å²) >= 11 is 0. The number of aliphatic imine (C=N–C) groups is 1. The number of allylic oxidation sites excluding steroid dienone is 1. The van der Waals surface area contributed by atoms with E-state index in [9.17, 15) is 0 Å². The van der Waals surface area contributed by atoms with Gasteiger partial charge in [-0.2, -0.15) is 0 Å². The molecular weight excluding hydrogens is 296 g/mol. The van der Waals surface area contributed by atoms with Gasteiger partial charge in [0.1, 0.15) is 0 Å². The second-order valence-corrected chi connectivity index (χ2v) is 6.45. The van der Waals surface area contributed by atoms with Crippen LogP contribution < -0.4 is 5.32 Å². The Morgan fingerprint density at radius 3 is 2.67 bits per heavy atom. The summed E-state index contributed by atoms with van der Waals surface area (Å²) in [5, 5.41) is 3.58. The van der Waals surface area contributed by atoms with Gasteiger partial charge in [0.15, 0.2) is 5.96 Å². The van der Waals surface area contributed by atoms with Crippen LogP contribution in [0.2, 0.25) is 0 Å². The third-order valence-electron chi connectivity index (χ3n) is 4.69. The van der Waals surface area contributed by atoms with E-state index in [1.165, 1.54) is 31.5 Å². The van der Waals surface area contributed by atoms with Gasteiger partial charge in [0.05, 0.1) is 6.04 Å². The quantitative estimate of drug-likeness (QED) is 0.344. The lowest BCUT2D eigenvalue weighted by molar-refractivity contribution is 0.244. The van der Waals surface area contributed by atoms with Crippen LogP contribution in [0.5, 0.6) is 0 Å². The molecule has 1 aliphatic rings. The summed E-state index contributed by atoms with van der Waals surface area (Å²) in [5.74, 6) is 0.971. The van der Waals surface area contributed by atoms with Crippen molar-refractivity contribution in [1.82, 2.24) is 15.1 Å². The van der Waals surface area contributed by atoms with Gasteiger partial charge in [-0.25, -0.2) is 0 Å². The lowest BCUT2D eigenvalue weighted by Gasteiger charge is -2.30. The number of nitrogens with zero attached hydrogens (tertiary/aromatic N) is 3. The van der Waals surface area contributed by atoms with Crippen molar-refractivity contribution in [2.24, 2.45) is 4.99 Å². The molecule has 2 rings (SSSR count). The van der Waals surface area contributed by atoms with E-state index >= 15 is 0 Å². The number of nitrogens with one attached hydrogen (secondary N) is 1. The fraction of sp³-hybridized carbons (Fsp3) is 0.550. The van der Waals surface area contributed by atoms with Crippen molar-refractivity contribution in [3.63, 3.8) is 0 Å². The monoisotopic (exact) mass is 328 g/mol. The van der Waals surface area contributed by atoms with E-state index in [2.05, 4.69) is 64.1 Å². The Bertz CT molecular complexity index is 506. The Labute approximate surface area is 147 Å². The van der Waals surface area contributed by atoms with Crippen molar-refractivity contribution in [2.45, 2.75) is 31.7 Å². The molecule has 24 heavy (non-hydrogen) atoms. The number of hydrogen-bond acceptors (Lipinski definition) is 2. The molecule has 4 nitrogen and oxygen atoms in total. The van der Waals surface area contributed by atoms with Crippen molar-refractivity contribution in [3.8, 4) is 0 Å². The molecule has 0 aromatic heterocycles. The molecule has 1 unspecified atom stereocenters. The molecule has 132 valence electrons. The second kappa shape index (κ2) is 10.1. The molecule has 1 heterocycles. The van der Waals surface area contributed by atoms with Crippen molar-refractivity contribution >= 4 is 5.96 Å². The Balaban J connectivity index is 1.97. The number of unbranched alkanes of at least 4 members (excludes halogenated alkanes) is 1. The van der Waals surface area contributed by atoms with E-state index in [1.54, 1.807) is 0 Å². The van der Waals surface area contributed by atoms with Gasteiger partial charge in [0.25, 0.3) is 0 Å². The van der Waals surface area contributed by atoms with Crippen LogP contribution in [0.25, 0.3) is 0 Å². The van der Waals surface area contributed by atoms with E-state index < -0.39 is 0 Å². The third-order valence-corrected chi connectivity index (χ3v) is 4.69. The maximum absolute atomic E-state index is 4.45. The number of hydrogen-bond donors (Lipinski definition) is 1. The minimum atomic E-state index is 0.409. The summed E-state index contributed by atoms with van der Waals surface area (Å²) in [4.78, 5) is 9.24. The highest BCUT2D eigenvalue weighted by molar-refractivity contribution is 5.79. The Kier molecular flexibility index (Phi) is 7.83. The highest BCUT2D eigenvalue weighted by atomic mass is 15.3. The first-order valence-electron chi connectivity index (χ1n) is 9.08. The van der Waals surface area contributed by atoms with Gasteiger partial charge in [-0.05, 0) is 44.3 Å². The van der Waals surface area contributed by atoms with Crippen LogP contribution in [-0.2, 0) is 0 Å². The van der Waals surface area contributed by atoms with Crippen molar-refractivity contribution in [1.29, 1.82) is 0 Å². The smallest absolute Gasteiger partial charge is 0.193 e. The molecule has 0 spiro atoms. The average molecular weight is 329 g/mol. The molecule has 1 atom stereocenters. The predicted molar refractivity (Wildman–Crippen MR) is 103 cm³/mol. The molecule has 1 fully saturated rings. The lowest BCUT2D eigenvalue weighted by Crippen LogP contribution is -2.43. The first kappa shape index (κ1) is 18.5. The van der Waals surface area contributed by atoms with E-state index in [-0.39, 0.29) is 0 Å². The van der Waals surface area contributed by atoms with Gasteiger partial charge in [0.2, 0.25) is 0 Å². The molecular formula is C20H32N4. The number of likely N-dealkylation sites (tertiary alicyclic amines) is 1. The topological polar surface area (TPSA) is 30.9 Å². The number of benzene rings is 1. The molecule has 0 saturated carbocycles. The fourth-order valence-corrected chi connectivity index (χ4v) is 3.34. The summed E-state index contributed by atoms with van der Waals surface area (Å²) in [6.45, 7) is 8.05. The number of guanidine groups is 1. The number of rotatable bonds is 8. The summed E-state index contributed by atoms with van der Waals surface area (Å²) in [6.07, 6.45) is 6.73. The van der Waals surface area contributed by atoms with Crippen molar-refractivity contribution in [3.05, 3.63) is 48.6 Å². The molecule has 0 radical (unpaired) electrons. The van der Waals surface area contributed by atoms with Gasteiger partial charge in [0, 0.05) is 27.2 Å². The highest BCUT2D eigenvalue weighted by Crippen LogP contribution is 2.24. The zero-order valence-electron chi connectivity index (χ0n) is 15.2. The molecule has 4 heteroatoms. The second-order valence-electron chi connectivity index (χ2n) is 6.45. The maximum Gasteiger partial charge on any atom is 0.193 e. The van der Waals surface area contributed by atoms with Crippen molar-refractivity contribution < 1.29 is 0 Å². The van der Waals surface area contributed by atoms with Gasteiger partial charge in [-0.1, -0.05) is 36.4 Å². The van der Waals surface area contributed by atoms with Gasteiger partial charge < -0.3 is 10.2 Å². The first-order chi connectivity index (χ1) is 11.8. The Morgan fingerprint density at radius 2 is 2.04 bits per heavy atom. The average Bonchev–Trinajstić information content (AvgIpc) is 3.14. The van der Waals surface area contributed by atoms with Crippen LogP contribution in [0.1, 0.15) is 37.3 Å². The van der Waals surface area contributed by atoms with Crippen LogP contribution in [-0.4, -0.2) is 56.0 Å². The van der Waals surface area contributed by atoms with Gasteiger partial charge in [-0.15, -0.1) is 6.58 Å². The summed E-state index contributed by atoms with van der Waals surface area (Å²) in [5.41, 5.74) is 1.39. The molecule has 0 amide bonds. The highest BCUT2D eigenvalue weighted by Gasteiger charge is 2.23. The standard InChI is InChI=1S/C20H32N4/c1-4-5-9-14-23(3)20(21-2)22-17-19(24-15-10-11-16-24)18-12-7-6-8-13-18/h4,6-8,12-13,19H,1,5,9-11,14-17H2,2-3H3,(H,21,22). The molecule has 0 aliphatic carbocycles. The van der Waals surface area contributed by atoms with Crippen LogP contribution in [0.3, 0.4) is 0 Å². The molecule has 0 bridgehead atoms. The van der Waals surface area contributed by atoms with E-state index in [0.29, 0.717) is 6.04 Å². The Hall–Kier alpha value is -1.81. The normalized spacial score (nSPS) is 16.8. The predicted octanol–water partition coefficient (Wildman–Crippen LogP) is 3.30. The molecule has 1 N–H and O–H groups in total. The largest absolute Gasteiger partial charge is 0.354 e. The van der Waals surface area contributed by atoms with Crippen LogP contribution in [0.4, 0.5) is 0 Å². The zero-order chi connectivity index (χ0) is 17.2. The minimum Gasteiger partial charge on any atom is -0.354 e. The lowest BCUT2D eigenvalue weighted by atomic mass is 10.1. The van der Waals surface area contributed by atoms with Crippen molar-refractivity contribution in [2.75, 3.05) is 40.3 Å². The molecule has 1 aliphatic heterocycles. The van der Waals surface area contributed by atoms with Crippen LogP contribution in [0.15, 0.2) is 48.0 Å². The van der Waals surface area contributed by atoms with Gasteiger partial charge in [-0.3, -0.25) is 9.89 Å². The van der Waals surface area contributed by atoms with Crippen LogP contribution >= 0.6 is 0 Å². The molecule has 1 aromatic rings. The zero-order valence-corrected chi connectivity index (χ0v) is 15.2. The summed E-state index contributed by atoms with van der Waals surface area (Å²) in [7, 11) is 3.96. The summed E-state index contributed by atoms with van der Waals surface area (Å²) in [6, 6.07) is 11.2. The first-order valence-corrected chi connectivity index (χ1v) is 9.08. The molecule has 1 saturated heterocycles. The minimum absolute atomic E-state index is 0.409. The Morgan fingerprint density at radius 1 is 1.33 bits per heavy atom. The summed E-state index contributed by atoms with van der Waals surface area (Å²) < 4.78 is 0. The molecule has 1 aromatic carbocycles. The fourth-order valence-electron chi connectivity index (χ4n) is 3.34. The maximum atomic E-state index is 4.45. The third kappa shape index (κ3) is 5.38. The van der Waals surface area contributed by atoms with E-state index in [0.717, 1.165) is 31.9 Å². The van der Waals surface area contributed by atoms with E-state index in [1.807, 2.05) is 13.1 Å². The van der Waals surface area contributed by atoms with Gasteiger partial charge >= 0.3 is 0 Å². The van der Waals surface area contributed by atoms with E-state index in [4.69, 9.17) is 0 Å².